The summed E-state index contributed by atoms with van der Waals surface area (Å²) in [5.74, 6) is 1.15. The van der Waals surface area contributed by atoms with Crippen molar-refractivity contribution in [1.82, 2.24) is 19.8 Å². The average molecular weight is 618 g/mol. The molecule has 1 aromatic heterocycles. The number of nitrogens with zero attached hydrogens (tertiary/aromatic N) is 7. The molecule has 1 saturated carbocycles. The van der Waals surface area contributed by atoms with E-state index in [4.69, 9.17) is 27.9 Å². The summed E-state index contributed by atoms with van der Waals surface area (Å²) in [6, 6.07) is 3.99. The molecule has 2 aliphatic heterocycles. The molecule has 43 heavy (non-hydrogen) atoms. The van der Waals surface area contributed by atoms with Gasteiger partial charge in [0, 0.05) is 44.8 Å². The van der Waals surface area contributed by atoms with Crippen LogP contribution >= 0.6 is 11.6 Å². The van der Waals surface area contributed by atoms with E-state index in [2.05, 4.69) is 21.3 Å². The van der Waals surface area contributed by atoms with E-state index in [1.165, 1.54) is 37.1 Å². The van der Waals surface area contributed by atoms with E-state index in [0.29, 0.717) is 57.3 Å². The Morgan fingerprint density at radius 1 is 1.26 bits per heavy atom. The van der Waals surface area contributed by atoms with E-state index >= 15 is 0 Å². The van der Waals surface area contributed by atoms with Crippen molar-refractivity contribution in [2.24, 2.45) is 5.92 Å². The Hall–Kier alpha value is -3.56. The van der Waals surface area contributed by atoms with E-state index in [1.807, 2.05) is 11.9 Å². The summed E-state index contributed by atoms with van der Waals surface area (Å²) in [4.78, 5) is 33.0. The van der Waals surface area contributed by atoms with Crippen LogP contribution in [-0.4, -0.2) is 91.2 Å². The predicted molar refractivity (Wildman–Crippen MR) is 158 cm³/mol. The summed E-state index contributed by atoms with van der Waals surface area (Å²) >= 11 is 6.03. The van der Waals surface area contributed by atoms with Gasteiger partial charge in [-0.25, -0.2) is 6.57 Å². The lowest BCUT2D eigenvalue weighted by Gasteiger charge is -2.41. The lowest BCUT2D eigenvalue weighted by Crippen LogP contribution is -2.56. The smallest absolute Gasteiger partial charge is 0.419 e. The second-order valence-electron chi connectivity index (χ2n) is 11.3. The number of piperazine rings is 1. The summed E-state index contributed by atoms with van der Waals surface area (Å²) in [7, 11) is 2.05. The van der Waals surface area contributed by atoms with Gasteiger partial charge >= 0.3 is 12.2 Å². The van der Waals surface area contributed by atoms with E-state index in [-0.39, 0.29) is 41.8 Å². The Balaban J connectivity index is 1.44. The van der Waals surface area contributed by atoms with Crippen molar-refractivity contribution < 1.29 is 22.7 Å². The van der Waals surface area contributed by atoms with Crippen LogP contribution in [0.4, 0.5) is 24.7 Å². The predicted octanol–water partition coefficient (Wildman–Crippen LogP) is 4.55. The summed E-state index contributed by atoms with van der Waals surface area (Å²) in [5.41, 5.74) is 0.547. The maximum Gasteiger partial charge on any atom is 0.419 e. The SMILES string of the molecule is [C-]#[N+]C[C@H]1CN(c2nc(OCCN(C)CC3CC3)nc3c2CCN(c2cccc(Cl)c2C(F)(F)F)C3)CCN1C(=O)C=C. The number of ether oxygens (including phenoxy) is 1. The Bertz CT molecular complexity index is 1400. The minimum Gasteiger partial charge on any atom is -0.462 e. The van der Waals surface area contributed by atoms with Gasteiger partial charge in [0.05, 0.1) is 28.5 Å². The molecule has 1 atom stereocenters. The normalized spacial score (nSPS) is 18.8. The van der Waals surface area contributed by atoms with Crippen molar-refractivity contribution in [3.8, 4) is 6.01 Å². The molecule has 0 radical (unpaired) electrons. The maximum absolute atomic E-state index is 14.0. The number of likely N-dealkylation sites (N-methyl/N-ethyl adjacent to an activating group) is 1. The number of carbonyl (C=O) groups is 1. The topological polar surface area (TPSA) is 69.4 Å². The van der Waals surface area contributed by atoms with Crippen LogP contribution in [0.1, 0.15) is 29.7 Å². The van der Waals surface area contributed by atoms with Crippen molar-refractivity contribution in [3.05, 3.63) is 64.1 Å². The Kier molecular flexibility index (Phi) is 9.32. The molecular weight excluding hydrogens is 583 g/mol. The lowest BCUT2D eigenvalue weighted by atomic mass is 10.0. The standard InChI is InChI=1S/C30H35ClF3N7O2/c1-4-26(42)41-13-12-40(18-21(41)16-35-2)28-22-10-11-39(25-7-5-6-23(31)27(25)30(32,33)34)19-24(22)36-29(37-28)43-15-14-38(3)17-20-8-9-20/h4-7,20-21H,1,8-19H2,3H3/t21-/m0/s1. The number of rotatable bonds is 10. The van der Waals surface area contributed by atoms with Crippen LogP contribution < -0.4 is 14.5 Å². The van der Waals surface area contributed by atoms with Gasteiger partial charge in [0.15, 0.2) is 0 Å². The largest absolute Gasteiger partial charge is 0.462 e. The second-order valence-corrected chi connectivity index (χ2v) is 11.7. The maximum atomic E-state index is 14.0. The molecule has 1 aromatic carbocycles. The number of alkyl halides is 3. The summed E-state index contributed by atoms with van der Waals surface area (Å²) in [6.07, 6.45) is -0.460. The molecule has 1 aliphatic carbocycles. The van der Waals surface area contributed by atoms with E-state index < -0.39 is 11.7 Å². The highest BCUT2D eigenvalue weighted by Gasteiger charge is 2.39. The number of amides is 1. The first kappa shape index (κ1) is 30.9. The highest BCUT2D eigenvalue weighted by Crippen LogP contribution is 2.43. The fourth-order valence-corrected chi connectivity index (χ4v) is 6.10. The average Bonchev–Trinajstić information content (AvgIpc) is 3.79. The second kappa shape index (κ2) is 13.0. The molecule has 0 N–H and O–H groups in total. The van der Waals surface area contributed by atoms with Crippen LogP contribution in [-0.2, 0) is 23.9 Å². The van der Waals surface area contributed by atoms with Gasteiger partial charge in [0.25, 0.3) is 0 Å². The molecular formula is C30H35ClF3N7O2. The number of benzene rings is 1. The van der Waals surface area contributed by atoms with Crippen LogP contribution in [0.2, 0.25) is 5.02 Å². The van der Waals surface area contributed by atoms with Crippen molar-refractivity contribution in [2.75, 3.05) is 69.3 Å². The van der Waals surface area contributed by atoms with Gasteiger partial charge in [0.2, 0.25) is 12.5 Å². The molecule has 230 valence electrons. The molecule has 0 unspecified atom stereocenters. The zero-order chi connectivity index (χ0) is 30.7. The Labute approximate surface area is 254 Å². The number of carbonyl (C=O) groups excluding carboxylic acids is 1. The van der Waals surface area contributed by atoms with Gasteiger partial charge in [-0.15, -0.1) is 0 Å². The van der Waals surface area contributed by atoms with Gasteiger partial charge in [-0.1, -0.05) is 24.2 Å². The lowest BCUT2D eigenvalue weighted by molar-refractivity contribution is -0.137. The highest BCUT2D eigenvalue weighted by atomic mass is 35.5. The molecule has 0 spiro atoms. The van der Waals surface area contributed by atoms with Crippen LogP contribution in [0.15, 0.2) is 30.9 Å². The van der Waals surface area contributed by atoms with Gasteiger partial charge < -0.3 is 29.2 Å². The Morgan fingerprint density at radius 3 is 2.74 bits per heavy atom. The molecule has 1 amide bonds. The van der Waals surface area contributed by atoms with Gasteiger partial charge in [-0.3, -0.25) is 4.79 Å². The van der Waals surface area contributed by atoms with Crippen molar-refractivity contribution in [1.29, 1.82) is 0 Å². The molecule has 2 fully saturated rings. The number of anilines is 2. The molecule has 1 saturated heterocycles. The monoisotopic (exact) mass is 617 g/mol. The third-order valence-corrected chi connectivity index (χ3v) is 8.47. The fourth-order valence-electron chi connectivity index (χ4n) is 5.82. The number of halogens is 4. The van der Waals surface area contributed by atoms with Gasteiger partial charge in [0.1, 0.15) is 18.5 Å². The van der Waals surface area contributed by atoms with Crippen LogP contribution in [0.3, 0.4) is 0 Å². The zero-order valence-electron chi connectivity index (χ0n) is 24.1. The highest BCUT2D eigenvalue weighted by molar-refractivity contribution is 6.31. The molecule has 0 bridgehead atoms. The van der Waals surface area contributed by atoms with Crippen LogP contribution in [0.5, 0.6) is 6.01 Å². The number of fused-ring (bicyclic) bond motifs is 1. The third-order valence-electron chi connectivity index (χ3n) is 8.15. The van der Waals surface area contributed by atoms with E-state index in [0.717, 1.165) is 18.0 Å². The van der Waals surface area contributed by atoms with Gasteiger partial charge in [-0.05, 0) is 50.4 Å². The zero-order valence-corrected chi connectivity index (χ0v) is 24.9. The van der Waals surface area contributed by atoms with Crippen LogP contribution in [0, 0.1) is 12.5 Å². The van der Waals surface area contributed by atoms with Crippen molar-refractivity contribution >= 4 is 29.0 Å². The molecule has 9 nitrogen and oxygen atoms in total. The minimum absolute atomic E-state index is 0.00338. The summed E-state index contributed by atoms with van der Waals surface area (Å²) in [6.45, 7) is 14.8. The Morgan fingerprint density at radius 2 is 2.05 bits per heavy atom. The van der Waals surface area contributed by atoms with Gasteiger partial charge in [-0.2, -0.15) is 23.1 Å². The number of hydrogen-bond acceptors (Lipinski definition) is 7. The van der Waals surface area contributed by atoms with Crippen molar-refractivity contribution in [2.45, 2.75) is 38.0 Å². The molecule has 3 heterocycles. The quantitative estimate of drug-likeness (QED) is 0.286. The van der Waals surface area contributed by atoms with E-state index in [1.54, 1.807) is 9.80 Å². The fraction of sp³-hybridized carbons (Fsp3) is 0.533. The molecule has 5 rings (SSSR count). The number of hydrogen-bond donors (Lipinski definition) is 0. The van der Waals surface area contributed by atoms with E-state index in [9.17, 15) is 18.0 Å². The molecule has 13 heteroatoms. The molecule has 3 aliphatic rings. The first-order valence-corrected chi connectivity index (χ1v) is 14.8. The third kappa shape index (κ3) is 7.16. The summed E-state index contributed by atoms with van der Waals surface area (Å²) < 4.78 is 48.1. The van der Waals surface area contributed by atoms with Crippen LogP contribution in [0.25, 0.3) is 4.85 Å². The summed E-state index contributed by atoms with van der Waals surface area (Å²) in [5, 5.41) is -0.351. The first-order valence-electron chi connectivity index (χ1n) is 14.4. The number of aromatic nitrogens is 2. The molecule has 2 aromatic rings. The van der Waals surface area contributed by atoms with Crippen molar-refractivity contribution in [3.63, 3.8) is 0 Å². The minimum atomic E-state index is -4.62. The first-order chi connectivity index (χ1) is 20.6.